The van der Waals surface area contributed by atoms with Gasteiger partial charge in [-0.1, -0.05) is 29.3 Å². The predicted molar refractivity (Wildman–Crippen MR) is 142 cm³/mol. The number of rotatable bonds is 11. The van der Waals surface area contributed by atoms with E-state index < -0.39 is 24.3 Å². The summed E-state index contributed by atoms with van der Waals surface area (Å²) >= 11 is 12.2. The fourth-order valence-corrected chi connectivity index (χ4v) is 4.29. The predicted octanol–water partition coefficient (Wildman–Crippen LogP) is 3.52. The first-order valence-corrected chi connectivity index (χ1v) is 12.2. The summed E-state index contributed by atoms with van der Waals surface area (Å²) in [6.07, 6.45) is 0.225. The van der Waals surface area contributed by atoms with Crippen molar-refractivity contribution < 1.29 is 33.6 Å². The van der Waals surface area contributed by atoms with Crippen molar-refractivity contribution >= 4 is 41.4 Å². The highest BCUT2D eigenvalue weighted by Crippen LogP contribution is 2.35. The van der Waals surface area contributed by atoms with Crippen LogP contribution < -0.4 is 30.3 Å². The van der Waals surface area contributed by atoms with E-state index in [1.807, 2.05) is 0 Å². The number of amides is 2. The van der Waals surface area contributed by atoms with E-state index >= 15 is 0 Å². The number of carbonyl (C=O) groups is 2. The van der Waals surface area contributed by atoms with Gasteiger partial charge in [-0.15, -0.1) is 0 Å². The van der Waals surface area contributed by atoms with Gasteiger partial charge in [-0.25, -0.2) is 9.59 Å². The lowest BCUT2D eigenvalue weighted by molar-refractivity contribution is -0.136. The summed E-state index contributed by atoms with van der Waals surface area (Å²) in [7, 11) is 2.74. The van der Waals surface area contributed by atoms with E-state index in [2.05, 4.69) is 21.2 Å². The Morgan fingerprint density at radius 3 is 2.66 bits per heavy atom. The second-order valence-corrected chi connectivity index (χ2v) is 8.77. The quantitative estimate of drug-likeness (QED) is 0.140. The van der Waals surface area contributed by atoms with Crippen LogP contribution in [-0.4, -0.2) is 57.0 Å². The lowest BCUT2D eigenvalue weighted by Crippen LogP contribution is -2.45. The third-order valence-electron chi connectivity index (χ3n) is 5.34. The van der Waals surface area contributed by atoms with Crippen LogP contribution in [0.5, 0.6) is 17.2 Å². The number of hydrogen-bond acceptors (Lipinski definition) is 9. The fraction of sp³-hybridized carbons (Fsp3) is 0.320. The summed E-state index contributed by atoms with van der Waals surface area (Å²) in [5, 5.41) is 20.3. The molecule has 0 radical (unpaired) electrons. The largest absolute Gasteiger partial charge is 0.495 e. The van der Waals surface area contributed by atoms with Crippen LogP contribution in [0, 0.1) is 0 Å². The number of allylic oxidation sites excluding steroid dienone is 1. The van der Waals surface area contributed by atoms with Crippen molar-refractivity contribution in [3.05, 3.63) is 62.8 Å². The minimum atomic E-state index is -1.18. The normalized spacial score (nSPS) is 16.0. The monoisotopic (exact) mass is 566 g/mol. The van der Waals surface area contributed by atoms with Crippen molar-refractivity contribution in [3.63, 3.8) is 0 Å². The number of esters is 1. The smallest absolute Gasteiger partial charge is 0.337 e. The number of urea groups is 1. The van der Waals surface area contributed by atoms with Crippen LogP contribution in [0.3, 0.4) is 0 Å². The highest BCUT2D eigenvalue weighted by molar-refractivity contribution is 6.36. The molecule has 2 amide bonds. The van der Waals surface area contributed by atoms with E-state index in [1.54, 1.807) is 44.2 Å². The van der Waals surface area contributed by atoms with Gasteiger partial charge in [-0.2, -0.15) is 5.10 Å². The number of aliphatic hydroxyl groups excluding tert-OH is 1. The summed E-state index contributed by atoms with van der Waals surface area (Å²) in [4.78, 5) is 24.5. The van der Waals surface area contributed by atoms with Crippen LogP contribution >= 0.6 is 23.2 Å². The number of methoxy groups -OCH3 is 2. The Bertz CT molecular complexity index is 1250. The van der Waals surface area contributed by atoms with Crippen molar-refractivity contribution in [1.82, 2.24) is 16.1 Å². The molecule has 1 aliphatic heterocycles. The maximum absolute atomic E-state index is 12.4. The number of hydrogen-bond donors (Lipinski definition) is 4. The van der Waals surface area contributed by atoms with Crippen LogP contribution in [-0.2, 0) is 9.53 Å². The van der Waals surface area contributed by atoms with Gasteiger partial charge in [0.05, 0.1) is 43.7 Å². The SMILES string of the molecule is CCOc1cc([C@@H]2NC(=O)NC(C)=C2C(=O)OC)ccc1OC[C@@H](O)N/N=C/c1cc(Cl)cc(Cl)c1OC. The second-order valence-electron chi connectivity index (χ2n) is 7.93. The Morgan fingerprint density at radius 2 is 1.97 bits per heavy atom. The highest BCUT2D eigenvalue weighted by atomic mass is 35.5. The Balaban J connectivity index is 1.72. The van der Waals surface area contributed by atoms with Gasteiger partial charge in [0.1, 0.15) is 12.4 Å². The summed E-state index contributed by atoms with van der Waals surface area (Å²) < 4.78 is 21.6. The Kier molecular flexibility index (Phi) is 10.1. The molecule has 0 saturated heterocycles. The number of nitrogens with one attached hydrogen (secondary N) is 3. The molecule has 0 aromatic heterocycles. The molecule has 0 bridgehead atoms. The molecule has 2 aromatic rings. The first-order chi connectivity index (χ1) is 18.2. The van der Waals surface area contributed by atoms with Gasteiger partial charge in [0.25, 0.3) is 0 Å². The molecular weight excluding hydrogens is 539 g/mol. The van der Waals surface area contributed by atoms with Crippen molar-refractivity contribution in [2.45, 2.75) is 26.1 Å². The maximum Gasteiger partial charge on any atom is 0.337 e. The van der Waals surface area contributed by atoms with Crippen molar-refractivity contribution in [2.75, 3.05) is 27.4 Å². The number of benzene rings is 2. The average Bonchev–Trinajstić information content (AvgIpc) is 2.87. The first kappa shape index (κ1) is 28.9. The number of aliphatic hydroxyl groups is 1. The standard InChI is InChI=1S/C25H28Cl2N4O7/c1-5-37-19-9-14(22-21(24(33)36-4)13(2)29-25(34)30-22)6-7-18(19)38-12-20(32)31-28-11-15-8-16(26)10-17(27)23(15)35-3/h6-11,20,22,31-32H,5,12H2,1-4H3,(H2,29,30,34)/b28-11+/t20-,22+/m1/s1. The first-order valence-electron chi connectivity index (χ1n) is 11.4. The molecule has 1 aliphatic rings. The van der Waals surface area contributed by atoms with Crippen LogP contribution in [0.1, 0.15) is 31.0 Å². The zero-order valence-corrected chi connectivity index (χ0v) is 22.6. The molecule has 204 valence electrons. The van der Waals surface area contributed by atoms with Crippen LogP contribution in [0.15, 0.2) is 46.7 Å². The minimum absolute atomic E-state index is 0.180. The molecule has 3 rings (SSSR count). The third-order valence-corrected chi connectivity index (χ3v) is 5.84. The van der Waals surface area contributed by atoms with E-state index in [0.717, 1.165) is 0 Å². The molecule has 0 unspecified atom stereocenters. The van der Waals surface area contributed by atoms with E-state index in [-0.39, 0.29) is 12.2 Å². The van der Waals surface area contributed by atoms with E-state index in [0.29, 0.717) is 50.7 Å². The van der Waals surface area contributed by atoms with E-state index in [4.69, 9.17) is 42.1 Å². The Hall–Kier alpha value is -3.67. The molecule has 0 aliphatic carbocycles. The number of carbonyl (C=O) groups excluding carboxylic acids is 2. The fourth-order valence-electron chi connectivity index (χ4n) is 3.71. The number of halogens is 2. The summed E-state index contributed by atoms with van der Waals surface area (Å²) in [5.41, 5.74) is 4.28. The number of nitrogens with zero attached hydrogens (tertiary/aromatic N) is 1. The van der Waals surface area contributed by atoms with Crippen LogP contribution in [0.25, 0.3) is 0 Å². The van der Waals surface area contributed by atoms with Gasteiger partial charge in [0.2, 0.25) is 0 Å². The molecule has 4 N–H and O–H groups in total. The summed E-state index contributed by atoms with van der Waals surface area (Å²) in [6, 6.07) is 6.89. The molecule has 13 heteroatoms. The molecule has 2 aromatic carbocycles. The number of ether oxygens (including phenoxy) is 4. The van der Waals surface area contributed by atoms with Crippen molar-refractivity contribution in [3.8, 4) is 17.2 Å². The second kappa shape index (κ2) is 13.2. The molecule has 1 heterocycles. The van der Waals surface area contributed by atoms with Crippen LogP contribution in [0.4, 0.5) is 4.79 Å². The maximum atomic E-state index is 12.4. The summed E-state index contributed by atoms with van der Waals surface area (Å²) in [5.74, 6) is 0.503. The molecule has 11 nitrogen and oxygen atoms in total. The molecule has 0 fully saturated rings. The Morgan fingerprint density at radius 1 is 1.21 bits per heavy atom. The third kappa shape index (κ3) is 7.00. The van der Waals surface area contributed by atoms with Crippen LogP contribution in [0.2, 0.25) is 10.0 Å². The van der Waals surface area contributed by atoms with Crippen molar-refractivity contribution in [2.24, 2.45) is 5.10 Å². The molecular formula is C25H28Cl2N4O7. The molecule has 38 heavy (non-hydrogen) atoms. The minimum Gasteiger partial charge on any atom is -0.495 e. The summed E-state index contributed by atoms with van der Waals surface area (Å²) in [6.45, 7) is 3.56. The average molecular weight is 567 g/mol. The van der Waals surface area contributed by atoms with Gasteiger partial charge in [0.15, 0.2) is 17.7 Å². The highest BCUT2D eigenvalue weighted by Gasteiger charge is 2.32. The molecule has 0 spiro atoms. The zero-order chi connectivity index (χ0) is 27.8. The number of hydrazone groups is 1. The van der Waals surface area contributed by atoms with E-state index in [9.17, 15) is 14.7 Å². The van der Waals surface area contributed by atoms with Crippen molar-refractivity contribution in [1.29, 1.82) is 0 Å². The van der Waals surface area contributed by atoms with E-state index in [1.165, 1.54) is 20.4 Å². The van der Waals surface area contributed by atoms with Gasteiger partial charge < -0.3 is 34.7 Å². The van der Waals surface area contributed by atoms with Gasteiger partial charge in [-0.05, 0) is 43.7 Å². The molecule has 2 atom stereocenters. The van der Waals surface area contributed by atoms with Gasteiger partial charge >= 0.3 is 12.0 Å². The Labute approximate surface area is 229 Å². The topological polar surface area (TPSA) is 140 Å². The van der Waals surface area contributed by atoms with Gasteiger partial charge in [0, 0.05) is 16.3 Å². The lowest BCUT2D eigenvalue weighted by Gasteiger charge is -2.28. The van der Waals surface area contributed by atoms with Gasteiger partial charge in [-0.3, -0.25) is 5.43 Å². The molecule has 0 saturated carbocycles. The zero-order valence-electron chi connectivity index (χ0n) is 21.1. The lowest BCUT2D eigenvalue weighted by atomic mass is 9.95.